The Kier molecular flexibility index (Phi) is 4.13. The lowest BCUT2D eigenvalue weighted by Crippen LogP contribution is -1.85. The van der Waals surface area contributed by atoms with Gasteiger partial charge < -0.3 is 4.74 Å². The molecule has 1 rings (SSSR count). The normalized spacial score (nSPS) is 11.5. The van der Waals surface area contributed by atoms with Crippen molar-refractivity contribution in [2.24, 2.45) is 0 Å². The molecule has 0 aliphatic rings. The second-order valence-electron chi connectivity index (χ2n) is 2.67. The van der Waals surface area contributed by atoms with Crippen molar-refractivity contribution in [3.8, 4) is 5.75 Å². The Labute approximate surface area is 87.9 Å². The summed E-state index contributed by atoms with van der Waals surface area (Å²) in [6.45, 7) is 1.91. The molecule has 0 radical (unpaired) electrons. The summed E-state index contributed by atoms with van der Waals surface area (Å²) in [4.78, 5) is 0. The summed E-state index contributed by atoms with van der Waals surface area (Å²) < 4.78 is 5.31. The maximum Gasteiger partial charge on any atom is 0.126 e. The van der Waals surface area contributed by atoms with Gasteiger partial charge in [-0.2, -0.15) is 0 Å². The second kappa shape index (κ2) is 5.15. The standard InChI is InChI=1S/C10H10Cl2O/c1-8(6-11)7-13-10-4-2-9(12)3-5-10/h2-5,7H,6H2,1H3. The SMILES string of the molecule is CC(=COc1ccc(Cl)cc1)CCl. The smallest absolute Gasteiger partial charge is 0.126 e. The number of hydrogen-bond donors (Lipinski definition) is 0. The fourth-order valence-corrected chi connectivity index (χ4v) is 0.902. The van der Waals surface area contributed by atoms with Crippen LogP contribution in [0.15, 0.2) is 36.1 Å². The van der Waals surface area contributed by atoms with Gasteiger partial charge in [-0.3, -0.25) is 0 Å². The highest BCUT2D eigenvalue weighted by Gasteiger charge is 1.91. The number of benzene rings is 1. The highest BCUT2D eigenvalue weighted by Crippen LogP contribution is 2.16. The zero-order chi connectivity index (χ0) is 9.68. The summed E-state index contributed by atoms with van der Waals surface area (Å²) in [6, 6.07) is 7.17. The van der Waals surface area contributed by atoms with Crippen LogP contribution >= 0.6 is 23.2 Å². The van der Waals surface area contributed by atoms with Gasteiger partial charge in [0.25, 0.3) is 0 Å². The lowest BCUT2D eigenvalue weighted by atomic mass is 10.3. The first-order valence-electron chi connectivity index (χ1n) is 3.86. The van der Waals surface area contributed by atoms with E-state index in [1.54, 1.807) is 30.5 Å². The van der Waals surface area contributed by atoms with Gasteiger partial charge in [0.2, 0.25) is 0 Å². The molecule has 1 aromatic carbocycles. The maximum atomic E-state index is 5.71. The summed E-state index contributed by atoms with van der Waals surface area (Å²) in [5.74, 6) is 1.24. The fraction of sp³-hybridized carbons (Fsp3) is 0.200. The number of hydrogen-bond acceptors (Lipinski definition) is 1. The lowest BCUT2D eigenvalue weighted by Gasteiger charge is -2.00. The van der Waals surface area contributed by atoms with Crippen LogP contribution < -0.4 is 4.74 Å². The molecule has 1 aromatic rings. The molecule has 0 spiro atoms. The van der Waals surface area contributed by atoms with Crippen molar-refractivity contribution in [3.63, 3.8) is 0 Å². The Morgan fingerprint density at radius 1 is 1.38 bits per heavy atom. The molecule has 0 N–H and O–H groups in total. The van der Waals surface area contributed by atoms with Gasteiger partial charge in [0.15, 0.2) is 0 Å². The number of halogens is 2. The van der Waals surface area contributed by atoms with Crippen LogP contribution in [0.4, 0.5) is 0 Å². The van der Waals surface area contributed by atoms with Crippen molar-refractivity contribution in [3.05, 3.63) is 41.1 Å². The van der Waals surface area contributed by atoms with E-state index < -0.39 is 0 Å². The zero-order valence-corrected chi connectivity index (χ0v) is 8.77. The quantitative estimate of drug-likeness (QED) is 0.551. The number of alkyl halides is 1. The maximum absolute atomic E-state index is 5.71. The molecular weight excluding hydrogens is 207 g/mol. The van der Waals surface area contributed by atoms with Crippen LogP contribution in [-0.4, -0.2) is 5.88 Å². The molecule has 0 atom stereocenters. The van der Waals surface area contributed by atoms with Gasteiger partial charge in [-0.15, -0.1) is 11.6 Å². The Morgan fingerprint density at radius 3 is 2.54 bits per heavy atom. The van der Waals surface area contributed by atoms with Crippen LogP contribution in [0.2, 0.25) is 5.02 Å². The first kappa shape index (κ1) is 10.4. The molecule has 1 nitrogen and oxygen atoms in total. The van der Waals surface area contributed by atoms with Crippen molar-refractivity contribution in [2.75, 3.05) is 5.88 Å². The third kappa shape index (κ3) is 3.71. The molecule has 0 unspecified atom stereocenters. The topological polar surface area (TPSA) is 9.23 Å². The van der Waals surface area contributed by atoms with Gasteiger partial charge in [0, 0.05) is 10.9 Å². The molecule has 0 aromatic heterocycles. The van der Waals surface area contributed by atoms with E-state index in [0.717, 1.165) is 11.3 Å². The zero-order valence-electron chi connectivity index (χ0n) is 7.26. The second-order valence-corrected chi connectivity index (χ2v) is 3.37. The molecule has 0 saturated heterocycles. The molecule has 0 amide bonds. The Balaban J connectivity index is 2.60. The van der Waals surface area contributed by atoms with E-state index in [2.05, 4.69) is 0 Å². The van der Waals surface area contributed by atoms with Crippen molar-refractivity contribution in [1.82, 2.24) is 0 Å². The molecule has 3 heteroatoms. The van der Waals surface area contributed by atoms with Gasteiger partial charge in [0.05, 0.1) is 6.26 Å². The largest absolute Gasteiger partial charge is 0.465 e. The van der Waals surface area contributed by atoms with Gasteiger partial charge >= 0.3 is 0 Å². The Morgan fingerprint density at radius 2 is 2.00 bits per heavy atom. The van der Waals surface area contributed by atoms with Crippen molar-refractivity contribution in [2.45, 2.75) is 6.92 Å². The van der Waals surface area contributed by atoms with Crippen molar-refractivity contribution in [1.29, 1.82) is 0 Å². The first-order valence-corrected chi connectivity index (χ1v) is 4.77. The third-order valence-electron chi connectivity index (χ3n) is 1.42. The van der Waals surface area contributed by atoms with Crippen LogP contribution in [0.3, 0.4) is 0 Å². The lowest BCUT2D eigenvalue weighted by molar-refractivity contribution is 0.476. The molecule has 0 aliphatic carbocycles. The van der Waals surface area contributed by atoms with E-state index in [1.165, 1.54) is 0 Å². The average Bonchev–Trinajstić information content (AvgIpc) is 2.16. The highest BCUT2D eigenvalue weighted by molar-refractivity contribution is 6.30. The third-order valence-corrected chi connectivity index (χ3v) is 2.09. The fourth-order valence-electron chi connectivity index (χ4n) is 0.713. The van der Waals surface area contributed by atoms with Crippen LogP contribution in [0.5, 0.6) is 5.75 Å². The Hall–Kier alpha value is -0.660. The monoisotopic (exact) mass is 216 g/mol. The van der Waals surface area contributed by atoms with E-state index in [1.807, 2.05) is 6.92 Å². The van der Waals surface area contributed by atoms with Crippen LogP contribution in [0.1, 0.15) is 6.92 Å². The molecule has 0 heterocycles. The van der Waals surface area contributed by atoms with Crippen molar-refractivity contribution >= 4 is 23.2 Å². The molecular formula is C10H10Cl2O. The molecule has 13 heavy (non-hydrogen) atoms. The van der Waals surface area contributed by atoms with Gasteiger partial charge in [-0.05, 0) is 36.8 Å². The van der Waals surface area contributed by atoms with E-state index in [-0.39, 0.29) is 0 Å². The van der Waals surface area contributed by atoms with E-state index in [0.29, 0.717) is 10.9 Å². The molecule has 70 valence electrons. The minimum atomic E-state index is 0.480. The summed E-state index contributed by atoms with van der Waals surface area (Å²) in [5.41, 5.74) is 0.983. The minimum absolute atomic E-state index is 0.480. The summed E-state index contributed by atoms with van der Waals surface area (Å²) in [5, 5.41) is 0.699. The van der Waals surface area contributed by atoms with E-state index in [9.17, 15) is 0 Å². The summed E-state index contributed by atoms with van der Waals surface area (Å²) >= 11 is 11.3. The Bertz CT molecular complexity index is 290. The van der Waals surface area contributed by atoms with Gasteiger partial charge in [-0.25, -0.2) is 0 Å². The van der Waals surface area contributed by atoms with Gasteiger partial charge in [0.1, 0.15) is 5.75 Å². The summed E-state index contributed by atoms with van der Waals surface area (Å²) in [6.07, 6.45) is 1.64. The molecule has 0 bridgehead atoms. The van der Waals surface area contributed by atoms with Crippen molar-refractivity contribution < 1.29 is 4.74 Å². The van der Waals surface area contributed by atoms with Crippen LogP contribution in [0, 0.1) is 0 Å². The number of allylic oxidation sites excluding steroid dienone is 1. The van der Waals surface area contributed by atoms with E-state index in [4.69, 9.17) is 27.9 Å². The van der Waals surface area contributed by atoms with Gasteiger partial charge in [-0.1, -0.05) is 11.6 Å². The van der Waals surface area contributed by atoms with Crippen LogP contribution in [-0.2, 0) is 0 Å². The average molecular weight is 217 g/mol. The number of rotatable bonds is 3. The van der Waals surface area contributed by atoms with E-state index >= 15 is 0 Å². The predicted octanol–water partition coefficient (Wildman–Crippen LogP) is 3.86. The van der Waals surface area contributed by atoms with Crippen LogP contribution in [0.25, 0.3) is 0 Å². The number of ether oxygens (including phenoxy) is 1. The summed E-state index contributed by atoms with van der Waals surface area (Å²) in [7, 11) is 0. The predicted molar refractivity (Wildman–Crippen MR) is 56.6 cm³/mol. The first-order chi connectivity index (χ1) is 6.22. The minimum Gasteiger partial charge on any atom is -0.465 e. The molecule has 0 aliphatic heterocycles. The highest BCUT2D eigenvalue weighted by atomic mass is 35.5. The molecule has 0 fully saturated rings. The molecule has 0 saturated carbocycles.